The van der Waals surface area contributed by atoms with Crippen LogP contribution in [0.4, 0.5) is 0 Å². The number of hydrogen-bond donors (Lipinski definition) is 1. The van der Waals surface area contributed by atoms with Gasteiger partial charge in [0.1, 0.15) is 5.69 Å². The number of fused-ring (bicyclic) bond motifs is 1. The highest BCUT2D eigenvalue weighted by molar-refractivity contribution is 6.31. The van der Waals surface area contributed by atoms with Crippen molar-refractivity contribution in [3.05, 3.63) is 28.9 Å². The molecule has 3 rings (SSSR count). The molecule has 1 N–H and O–H groups in total. The van der Waals surface area contributed by atoms with Crippen molar-refractivity contribution in [2.24, 2.45) is 0 Å². The minimum absolute atomic E-state index is 0.677. The monoisotopic (exact) mass is 222 g/mol. The fourth-order valence-corrected chi connectivity index (χ4v) is 1.79. The molecule has 1 aliphatic rings. The Balaban J connectivity index is 1.91. The van der Waals surface area contributed by atoms with E-state index in [4.69, 9.17) is 16.1 Å². The largest absolute Gasteiger partial charge is 0.356 e. The Kier molecular flexibility index (Phi) is 2.15. The summed E-state index contributed by atoms with van der Waals surface area (Å²) in [6.45, 7) is 0.762. The molecule has 1 aromatic heterocycles. The van der Waals surface area contributed by atoms with Crippen LogP contribution in [-0.2, 0) is 6.54 Å². The lowest BCUT2D eigenvalue weighted by molar-refractivity contribution is 0.441. The van der Waals surface area contributed by atoms with E-state index in [0.717, 1.165) is 28.2 Å². The van der Waals surface area contributed by atoms with Crippen LogP contribution in [0.15, 0.2) is 22.7 Å². The van der Waals surface area contributed by atoms with Crippen LogP contribution in [0.25, 0.3) is 11.0 Å². The number of nitrogens with one attached hydrogen (secondary N) is 1. The Bertz CT molecular complexity index is 490. The van der Waals surface area contributed by atoms with Gasteiger partial charge in [-0.25, -0.2) is 0 Å². The second-order valence-electron chi connectivity index (χ2n) is 3.92. The third-order valence-electron chi connectivity index (χ3n) is 2.64. The van der Waals surface area contributed by atoms with E-state index in [1.807, 2.05) is 18.2 Å². The molecule has 0 spiro atoms. The summed E-state index contributed by atoms with van der Waals surface area (Å²) < 4.78 is 5.21. The lowest BCUT2D eigenvalue weighted by atomic mass is 10.2. The molecule has 1 aliphatic carbocycles. The van der Waals surface area contributed by atoms with Crippen LogP contribution in [0.5, 0.6) is 0 Å². The smallest absolute Gasteiger partial charge is 0.167 e. The zero-order chi connectivity index (χ0) is 10.3. The Hall–Kier alpha value is -1.06. The third-order valence-corrected chi connectivity index (χ3v) is 2.88. The molecule has 1 aromatic carbocycles. The molecular weight excluding hydrogens is 212 g/mol. The van der Waals surface area contributed by atoms with E-state index in [0.29, 0.717) is 6.04 Å². The molecule has 15 heavy (non-hydrogen) atoms. The molecule has 4 heteroatoms. The fraction of sp³-hybridized carbons (Fsp3) is 0.364. The topological polar surface area (TPSA) is 38.1 Å². The Morgan fingerprint density at radius 3 is 3.13 bits per heavy atom. The predicted molar refractivity (Wildman–Crippen MR) is 58.9 cm³/mol. The molecule has 2 aromatic rings. The van der Waals surface area contributed by atoms with Gasteiger partial charge in [-0.2, -0.15) is 0 Å². The molecule has 1 saturated carbocycles. The van der Waals surface area contributed by atoms with Crippen LogP contribution in [0.1, 0.15) is 18.5 Å². The number of hydrogen-bond acceptors (Lipinski definition) is 3. The first kappa shape index (κ1) is 9.19. The van der Waals surface area contributed by atoms with Gasteiger partial charge in [0.15, 0.2) is 5.58 Å². The van der Waals surface area contributed by atoms with Crippen LogP contribution in [0.2, 0.25) is 5.02 Å². The summed E-state index contributed by atoms with van der Waals surface area (Å²) in [7, 11) is 0. The highest BCUT2D eigenvalue weighted by atomic mass is 35.5. The van der Waals surface area contributed by atoms with Gasteiger partial charge in [0, 0.05) is 23.0 Å². The van der Waals surface area contributed by atoms with Crippen molar-refractivity contribution in [1.29, 1.82) is 0 Å². The summed E-state index contributed by atoms with van der Waals surface area (Å²) >= 11 is 5.93. The third kappa shape index (κ3) is 1.85. The highest BCUT2D eigenvalue weighted by Gasteiger charge is 2.21. The van der Waals surface area contributed by atoms with Crippen molar-refractivity contribution in [1.82, 2.24) is 10.5 Å². The number of benzene rings is 1. The molecule has 0 aliphatic heterocycles. The summed E-state index contributed by atoms with van der Waals surface area (Å²) in [6.07, 6.45) is 2.55. The first-order valence-electron chi connectivity index (χ1n) is 5.10. The molecular formula is C11H11ClN2O. The first-order chi connectivity index (χ1) is 7.33. The second-order valence-corrected chi connectivity index (χ2v) is 4.36. The molecule has 0 amide bonds. The number of aromatic nitrogens is 1. The lowest BCUT2D eigenvalue weighted by Crippen LogP contribution is -2.15. The molecule has 0 bridgehead atoms. The normalized spacial score (nSPS) is 16.1. The van der Waals surface area contributed by atoms with Crippen molar-refractivity contribution < 1.29 is 4.52 Å². The first-order valence-corrected chi connectivity index (χ1v) is 5.48. The van der Waals surface area contributed by atoms with Gasteiger partial charge in [0.2, 0.25) is 0 Å². The van der Waals surface area contributed by atoms with Crippen molar-refractivity contribution in [2.45, 2.75) is 25.4 Å². The minimum Gasteiger partial charge on any atom is -0.356 e. The molecule has 0 radical (unpaired) electrons. The summed E-state index contributed by atoms with van der Waals surface area (Å²) in [5.41, 5.74) is 1.74. The number of nitrogens with zero attached hydrogens (tertiary/aromatic N) is 1. The Labute approximate surface area is 92.4 Å². The predicted octanol–water partition coefficient (Wildman–Crippen LogP) is 2.73. The molecule has 3 nitrogen and oxygen atoms in total. The average molecular weight is 223 g/mol. The maximum atomic E-state index is 5.93. The molecule has 0 unspecified atom stereocenters. The number of rotatable bonds is 3. The van der Waals surface area contributed by atoms with Gasteiger partial charge in [-0.15, -0.1) is 0 Å². The van der Waals surface area contributed by atoms with Gasteiger partial charge in [-0.05, 0) is 31.0 Å². The van der Waals surface area contributed by atoms with E-state index in [1.54, 1.807) is 0 Å². The quantitative estimate of drug-likeness (QED) is 0.868. The van der Waals surface area contributed by atoms with Crippen molar-refractivity contribution in [2.75, 3.05) is 0 Å². The SMILES string of the molecule is Clc1ccc2onc(CNC3CC3)c2c1. The zero-order valence-corrected chi connectivity index (χ0v) is 8.92. The van der Waals surface area contributed by atoms with Crippen LogP contribution >= 0.6 is 11.6 Å². The van der Waals surface area contributed by atoms with E-state index in [1.165, 1.54) is 12.8 Å². The molecule has 0 saturated heterocycles. The summed E-state index contributed by atoms with van der Waals surface area (Å²) in [5.74, 6) is 0. The van der Waals surface area contributed by atoms with E-state index < -0.39 is 0 Å². The van der Waals surface area contributed by atoms with Crippen molar-refractivity contribution in [3.63, 3.8) is 0 Å². The summed E-state index contributed by atoms with van der Waals surface area (Å²) in [4.78, 5) is 0. The average Bonchev–Trinajstić information content (AvgIpc) is 2.97. The highest BCUT2D eigenvalue weighted by Crippen LogP contribution is 2.24. The van der Waals surface area contributed by atoms with Crippen LogP contribution in [0, 0.1) is 0 Å². The summed E-state index contributed by atoms with van der Waals surface area (Å²) in [6, 6.07) is 6.24. The number of halogens is 1. The van der Waals surface area contributed by atoms with Gasteiger partial charge in [-0.3, -0.25) is 0 Å². The van der Waals surface area contributed by atoms with Gasteiger partial charge >= 0.3 is 0 Å². The van der Waals surface area contributed by atoms with Crippen molar-refractivity contribution >= 4 is 22.6 Å². The van der Waals surface area contributed by atoms with E-state index >= 15 is 0 Å². The summed E-state index contributed by atoms with van der Waals surface area (Å²) in [5, 5.41) is 9.18. The Morgan fingerprint density at radius 1 is 1.47 bits per heavy atom. The van der Waals surface area contributed by atoms with Crippen LogP contribution in [0.3, 0.4) is 0 Å². The fourth-order valence-electron chi connectivity index (χ4n) is 1.62. The second kappa shape index (κ2) is 3.51. The zero-order valence-electron chi connectivity index (χ0n) is 8.16. The van der Waals surface area contributed by atoms with Gasteiger partial charge in [-0.1, -0.05) is 16.8 Å². The van der Waals surface area contributed by atoms with Gasteiger partial charge < -0.3 is 9.84 Å². The van der Waals surface area contributed by atoms with Crippen LogP contribution < -0.4 is 5.32 Å². The molecule has 0 atom stereocenters. The molecule has 78 valence electrons. The lowest BCUT2D eigenvalue weighted by Gasteiger charge is -1.98. The molecule has 1 heterocycles. The minimum atomic E-state index is 0.677. The van der Waals surface area contributed by atoms with Crippen molar-refractivity contribution in [3.8, 4) is 0 Å². The standard InChI is InChI=1S/C11H11ClN2O/c12-7-1-4-11-9(5-7)10(14-15-11)6-13-8-2-3-8/h1,4-5,8,13H,2-3,6H2. The van der Waals surface area contributed by atoms with Gasteiger partial charge in [0.25, 0.3) is 0 Å². The Morgan fingerprint density at radius 2 is 2.33 bits per heavy atom. The van der Waals surface area contributed by atoms with Crippen LogP contribution in [-0.4, -0.2) is 11.2 Å². The van der Waals surface area contributed by atoms with E-state index in [9.17, 15) is 0 Å². The maximum absolute atomic E-state index is 5.93. The maximum Gasteiger partial charge on any atom is 0.167 e. The molecule has 1 fully saturated rings. The van der Waals surface area contributed by atoms with E-state index in [2.05, 4.69) is 10.5 Å². The van der Waals surface area contributed by atoms with Gasteiger partial charge in [0.05, 0.1) is 0 Å². The van der Waals surface area contributed by atoms with E-state index in [-0.39, 0.29) is 0 Å².